The Morgan fingerprint density at radius 3 is 2.20 bits per heavy atom. The van der Waals surface area contributed by atoms with E-state index in [-0.39, 0.29) is 10.4 Å². The number of hydrogen-bond donors (Lipinski definition) is 0. The summed E-state index contributed by atoms with van der Waals surface area (Å²) < 4.78 is 14.1. The summed E-state index contributed by atoms with van der Waals surface area (Å²) in [5.74, 6) is 0. The Labute approximate surface area is 157 Å². The molecule has 0 saturated heterocycles. The summed E-state index contributed by atoms with van der Waals surface area (Å²) in [5.41, 5.74) is 3.61. The Bertz CT molecular complexity index is 757. The number of thioether (sulfide) groups is 1. The van der Waals surface area contributed by atoms with Crippen molar-refractivity contribution < 1.29 is 4.57 Å². The Morgan fingerprint density at radius 2 is 1.72 bits per heavy atom. The first-order chi connectivity index (χ1) is 11.5. The molecule has 1 aromatic carbocycles. The van der Waals surface area contributed by atoms with E-state index in [1.807, 2.05) is 24.9 Å². The van der Waals surface area contributed by atoms with Gasteiger partial charge in [0.2, 0.25) is 0 Å². The minimum atomic E-state index is -2.59. The lowest BCUT2D eigenvalue weighted by Crippen LogP contribution is -2.23. The molecule has 0 aliphatic heterocycles. The zero-order valence-electron chi connectivity index (χ0n) is 16.5. The normalized spacial score (nSPS) is 15.6. The standard InChI is InChI=1S/C21H30NOPS/c1-15-12-16(2)20(17(3)13-15)24(7,23)19(14-21(4,5)6)25-18-10-8-9-11-22-18/h8-13,19H,14H2,1-7H3/t19-,24?/m0/s1. The molecule has 2 atom stereocenters. The van der Waals surface area contributed by atoms with Crippen LogP contribution in [0, 0.1) is 26.2 Å². The molecule has 136 valence electrons. The summed E-state index contributed by atoms with van der Waals surface area (Å²) in [6, 6.07) is 10.2. The molecule has 25 heavy (non-hydrogen) atoms. The fraction of sp³-hybridized carbons (Fsp3) is 0.476. The zero-order valence-corrected chi connectivity index (χ0v) is 18.2. The van der Waals surface area contributed by atoms with Crippen molar-refractivity contribution in [3.63, 3.8) is 0 Å². The minimum Gasteiger partial charge on any atom is -0.318 e. The first kappa shape index (κ1) is 20.3. The van der Waals surface area contributed by atoms with Crippen LogP contribution in [0.1, 0.15) is 43.9 Å². The van der Waals surface area contributed by atoms with Crippen LogP contribution in [0.4, 0.5) is 0 Å². The molecule has 2 aromatic rings. The van der Waals surface area contributed by atoms with Crippen molar-refractivity contribution >= 4 is 24.2 Å². The van der Waals surface area contributed by atoms with Gasteiger partial charge in [-0.3, -0.25) is 0 Å². The van der Waals surface area contributed by atoms with Crippen molar-refractivity contribution in [2.75, 3.05) is 6.66 Å². The number of nitrogens with zero attached hydrogens (tertiary/aromatic N) is 1. The molecule has 2 rings (SSSR count). The predicted molar refractivity (Wildman–Crippen MR) is 112 cm³/mol. The molecule has 4 heteroatoms. The van der Waals surface area contributed by atoms with Crippen molar-refractivity contribution in [2.24, 2.45) is 5.41 Å². The van der Waals surface area contributed by atoms with Crippen LogP contribution in [0.25, 0.3) is 0 Å². The van der Waals surface area contributed by atoms with Crippen LogP contribution in [0.3, 0.4) is 0 Å². The minimum absolute atomic E-state index is 0.0162. The van der Waals surface area contributed by atoms with Gasteiger partial charge in [-0.15, -0.1) is 0 Å². The number of rotatable bonds is 5. The van der Waals surface area contributed by atoms with Gasteiger partial charge in [0.25, 0.3) is 0 Å². The third-order valence-corrected chi connectivity index (χ3v) is 9.63. The van der Waals surface area contributed by atoms with Gasteiger partial charge in [-0.05, 0) is 62.5 Å². The predicted octanol–water partition coefficient (Wildman–Crippen LogP) is 6.18. The largest absolute Gasteiger partial charge is 0.318 e. The van der Waals surface area contributed by atoms with E-state index in [1.165, 1.54) is 5.56 Å². The van der Waals surface area contributed by atoms with E-state index < -0.39 is 7.14 Å². The van der Waals surface area contributed by atoms with Gasteiger partial charge in [-0.2, -0.15) is 0 Å². The fourth-order valence-electron chi connectivity index (χ4n) is 3.41. The smallest absolute Gasteiger partial charge is 0.126 e. The van der Waals surface area contributed by atoms with E-state index in [2.05, 4.69) is 58.7 Å². The van der Waals surface area contributed by atoms with E-state index >= 15 is 0 Å². The summed E-state index contributed by atoms with van der Waals surface area (Å²) >= 11 is 1.66. The molecule has 0 radical (unpaired) electrons. The van der Waals surface area contributed by atoms with Gasteiger partial charge in [0.15, 0.2) is 0 Å². The van der Waals surface area contributed by atoms with Gasteiger partial charge >= 0.3 is 0 Å². The SMILES string of the molecule is Cc1cc(C)c(P(C)(=O)[C@H](CC(C)(C)C)Sc2ccccn2)c(C)c1. The summed E-state index contributed by atoms with van der Waals surface area (Å²) in [6.07, 6.45) is 2.69. The summed E-state index contributed by atoms with van der Waals surface area (Å²) in [7, 11) is -2.59. The maximum Gasteiger partial charge on any atom is 0.126 e. The number of aryl methyl sites for hydroxylation is 3. The van der Waals surface area contributed by atoms with Gasteiger partial charge in [-0.25, -0.2) is 4.98 Å². The van der Waals surface area contributed by atoms with Crippen LogP contribution in [0.5, 0.6) is 0 Å². The van der Waals surface area contributed by atoms with Crippen LogP contribution >= 0.6 is 18.9 Å². The van der Waals surface area contributed by atoms with Gasteiger partial charge in [0.1, 0.15) is 7.14 Å². The molecule has 2 nitrogen and oxygen atoms in total. The Balaban J connectivity index is 2.50. The second kappa shape index (κ2) is 7.68. The highest BCUT2D eigenvalue weighted by Gasteiger charge is 2.36. The Hall–Kier alpha value is -1.05. The van der Waals surface area contributed by atoms with Crippen molar-refractivity contribution in [2.45, 2.75) is 58.0 Å². The second-order valence-electron chi connectivity index (χ2n) is 8.24. The maximum atomic E-state index is 14.1. The van der Waals surface area contributed by atoms with Gasteiger partial charge < -0.3 is 4.57 Å². The van der Waals surface area contributed by atoms with Crippen molar-refractivity contribution in [1.82, 2.24) is 4.98 Å². The number of benzene rings is 1. The lowest BCUT2D eigenvalue weighted by molar-refractivity contribution is 0.390. The van der Waals surface area contributed by atoms with E-state index in [0.717, 1.165) is 27.9 Å². The number of hydrogen-bond acceptors (Lipinski definition) is 3. The monoisotopic (exact) mass is 375 g/mol. The third-order valence-electron chi connectivity index (χ3n) is 4.31. The van der Waals surface area contributed by atoms with Crippen LogP contribution in [-0.4, -0.2) is 16.6 Å². The molecule has 0 saturated carbocycles. The topological polar surface area (TPSA) is 30.0 Å². The quantitative estimate of drug-likeness (QED) is 0.462. The molecule has 1 aromatic heterocycles. The highest BCUT2D eigenvalue weighted by Crippen LogP contribution is 2.57. The van der Waals surface area contributed by atoms with Gasteiger partial charge in [-0.1, -0.05) is 56.3 Å². The van der Waals surface area contributed by atoms with Crippen molar-refractivity contribution in [1.29, 1.82) is 0 Å². The summed E-state index contributed by atoms with van der Waals surface area (Å²) in [5, 5.41) is 2.00. The second-order valence-corrected chi connectivity index (χ2v) is 12.9. The molecule has 1 heterocycles. The number of pyridine rings is 1. The molecule has 0 spiro atoms. The van der Waals surface area contributed by atoms with Gasteiger partial charge in [0, 0.05) is 11.5 Å². The molecular weight excluding hydrogens is 345 g/mol. The molecule has 0 N–H and O–H groups in total. The summed E-state index contributed by atoms with van der Waals surface area (Å²) in [4.78, 5) is 4.47. The highest BCUT2D eigenvalue weighted by atomic mass is 32.2. The fourth-order valence-corrected chi connectivity index (χ4v) is 8.71. The third kappa shape index (κ3) is 5.21. The van der Waals surface area contributed by atoms with Crippen molar-refractivity contribution in [3.05, 3.63) is 53.2 Å². The van der Waals surface area contributed by atoms with E-state index in [4.69, 9.17) is 0 Å². The first-order valence-corrected chi connectivity index (χ1v) is 11.8. The molecular formula is C21H30NOPS. The molecule has 0 amide bonds. The van der Waals surface area contributed by atoms with Crippen LogP contribution < -0.4 is 5.30 Å². The van der Waals surface area contributed by atoms with E-state index in [9.17, 15) is 4.57 Å². The Morgan fingerprint density at radius 1 is 1.12 bits per heavy atom. The lowest BCUT2D eigenvalue weighted by atomic mass is 9.93. The Kier molecular flexibility index (Phi) is 6.22. The molecule has 0 aliphatic carbocycles. The first-order valence-electron chi connectivity index (χ1n) is 8.74. The average Bonchev–Trinajstić information content (AvgIpc) is 2.44. The van der Waals surface area contributed by atoms with Crippen LogP contribution in [0.15, 0.2) is 41.6 Å². The molecule has 1 unspecified atom stereocenters. The van der Waals surface area contributed by atoms with Crippen LogP contribution in [0.2, 0.25) is 0 Å². The lowest BCUT2D eigenvalue weighted by Gasteiger charge is -2.32. The van der Waals surface area contributed by atoms with Crippen molar-refractivity contribution in [3.8, 4) is 0 Å². The maximum absolute atomic E-state index is 14.1. The highest BCUT2D eigenvalue weighted by molar-refractivity contribution is 8.07. The molecule has 0 fully saturated rings. The summed E-state index contributed by atoms with van der Waals surface area (Å²) in [6.45, 7) is 14.9. The van der Waals surface area contributed by atoms with Gasteiger partial charge in [0.05, 0.1) is 10.0 Å². The zero-order chi connectivity index (χ0) is 18.8. The van der Waals surface area contributed by atoms with E-state index in [0.29, 0.717) is 0 Å². The number of aromatic nitrogens is 1. The van der Waals surface area contributed by atoms with E-state index in [1.54, 1.807) is 18.0 Å². The molecule has 0 aliphatic rings. The average molecular weight is 376 g/mol. The molecule has 0 bridgehead atoms. The van der Waals surface area contributed by atoms with Crippen LogP contribution in [-0.2, 0) is 4.57 Å².